The van der Waals surface area contributed by atoms with Crippen molar-refractivity contribution in [3.8, 4) is 5.88 Å². The molecule has 0 bridgehead atoms. The molecule has 0 amide bonds. The Morgan fingerprint density at radius 2 is 2.05 bits per heavy atom. The Bertz CT molecular complexity index is 399. The van der Waals surface area contributed by atoms with Gasteiger partial charge in [-0.05, 0) is 12.3 Å². The van der Waals surface area contributed by atoms with E-state index in [0.717, 1.165) is 31.7 Å². The summed E-state index contributed by atoms with van der Waals surface area (Å²) in [4.78, 5) is 3.79. The second-order valence-corrected chi connectivity index (χ2v) is 4.58. The Kier molecular flexibility index (Phi) is 6.53. The molecule has 5 heteroatoms. The summed E-state index contributed by atoms with van der Waals surface area (Å²) >= 11 is 0. The highest BCUT2D eigenvalue weighted by Gasteiger charge is 2.14. The van der Waals surface area contributed by atoms with Crippen LogP contribution in [0.25, 0.3) is 0 Å². The van der Waals surface area contributed by atoms with Gasteiger partial charge in [0, 0.05) is 13.1 Å². The van der Waals surface area contributed by atoms with E-state index in [4.69, 9.17) is 4.74 Å². The van der Waals surface area contributed by atoms with E-state index >= 15 is 0 Å². The van der Waals surface area contributed by atoms with Gasteiger partial charge < -0.3 is 10.1 Å². The number of ether oxygens (including phenoxy) is 1. The predicted molar refractivity (Wildman–Crippen MR) is 72.5 cm³/mol. The molecule has 0 aliphatic carbocycles. The molecular formula is C14H22F2N2O. The number of nitrogens with zero attached hydrogens (tertiary/aromatic N) is 1. The highest BCUT2D eigenvalue weighted by atomic mass is 19.1. The lowest BCUT2D eigenvalue weighted by molar-refractivity contribution is 0.216. The Morgan fingerprint density at radius 1 is 1.32 bits per heavy atom. The summed E-state index contributed by atoms with van der Waals surface area (Å²) in [7, 11) is 1.53. The van der Waals surface area contributed by atoms with Crippen molar-refractivity contribution < 1.29 is 13.5 Å². The van der Waals surface area contributed by atoms with Gasteiger partial charge in [0.2, 0.25) is 0 Å². The normalized spacial score (nSPS) is 12.3. The average Bonchev–Trinajstić information content (AvgIpc) is 2.41. The molecule has 0 radical (unpaired) electrons. The number of anilines is 1. The second-order valence-electron chi connectivity index (χ2n) is 4.58. The molecule has 1 atom stereocenters. The maximum absolute atomic E-state index is 13.5. The molecule has 0 saturated carbocycles. The van der Waals surface area contributed by atoms with E-state index in [1.54, 1.807) is 0 Å². The molecule has 1 aromatic heterocycles. The van der Waals surface area contributed by atoms with Gasteiger partial charge in [0.15, 0.2) is 17.5 Å². The van der Waals surface area contributed by atoms with Crippen molar-refractivity contribution in [2.75, 3.05) is 19.0 Å². The van der Waals surface area contributed by atoms with Crippen LogP contribution in [-0.4, -0.2) is 18.6 Å². The van der Waals surface area contributed by atoms with E-state index in [2.05, 4.69) is 24.1 Å². The van der Waals surface area contributed by atoms with Gasteiger partial charge in [-0.2, -0.15) is 4.98 Å². The summed E-state index contributed by atoms with van der Waals surface area (Å²) in [6.45, 7) is 4.63. The summed E-state index contributed by atoms with van der Waals surface area (Å²) in [5, 5.41) is 2.57. The fourth-order valence-electron chi connectivity index (χ4n) is 1.82. The van der Waals surface area contributed by atoms with E-state index in [-0.39, 0.29) is 11.7 Å². The molecule has 3 nitrogen and oxygen atoms in total. The van der Waals surface area contributed by atoms with Crippen LogP contribution < -0.4 is 10.1 Å². The van der Waals surface area contributed by atoms with Crippen molar-refractivity contribution in [2.24, 2.45) is 5.92 Å². The van der Waals surface area contributed by atoms with Gasteiger partial charge in [0.25, 0.3) is 5.88 Å². The van der Waals surface area contributed by atoms with Crippen molar-refractivity contribution >= 4 is 5.82 Å². The summed E-state index contributed by atoms with van der Waals surface area (Å²) in [6.07, 6.45) is 4.28. The minimum absolute atomic E-state index is 0.00185. The number of hydrogen-bond donors (Lipinski definition) is 1. The van der Waals surface area contributed by atoms with Crippen LogP contribution in [0.5, 0.6) is 5.88 Å². The third kappa shape index (κ3) is 4.65. The Labute approximate surface area is 113 Å². The molecule has 1 unspecified atom stereocenters. The maximum Gasteiger partial charge on any atom is 0.252 e. The molecule has 0 aliphatic rings. The fourth-order valence-corrected chi connectivity index (χ4v) is 1.82. The topological polar surface area (TPSA) is 34.1 Å². The van der Waals surface area contributed by atoms with Crippen molar-refractivity contribution in [3.05, 3.63) is 17.7 Å². The average molecular weight is 272 g/mol. The van der Waals surface area contributed by atoms with Crippen LogP contribution in [0.2, 0.25) is 0 Å². The third-order valence-corrected chi connectivity index (χ3v) is 3.13. The summed E-state index contributed by atoms with van der Waals surface area (Å²) in [6, 6.07) is 0.793. The number of halogens is 2. The lowest BCUT2D eigenvalue weighted by atomic mass is 10.0. The first-order valence-corrected chi connectivity index (χ1v) is 6.78. The predicted octanol–water partition coefficient (Wildman–Crippen LogP) is 4.00. The molecule has 0 spiro atoms. The smallest absolute Gasteiger partial charge is 0.252 e. The lowest BCUT2D eigenvalue weighted by Crippen LogP contribution is -2.13. The zero-order chi connectivity index (χ0) is 14.3. The van der Waals surface area contributed by atoms with Crippen molar-refractivity contribution in [2.45, 2.75) is 39.5 Å². The van der Waals surface area contributed by atoms with Gasteiger partial charge in [-0.25, -0.2) is 8.78 Å². The van der Waals surface area contributed by atoms with Crippen LogP contribution >= 0.6 is 0 Å². The number of nitrogens with one attached hydrogen (secondary N) is 1. The Balaban J connectivity index is 2.65. The van der Waals surface area contributed by atoms with Crippen LogP contribution in [0.3, 0.4) is 0 Å². The minimum Gasteiger partial charge on any atom is -0.475 e. The van der Waals surface area contributed by atoms with E-state index in [1.165, 1.54) is 7.05 Å². The molecule has 19 heavy (non-hydrogen) atoms. The maximum atomic E-state index is 13.5. The number of pyridine rings is 1. The van der Waals surface area contributed by atoms with Gasteiger partial charge in [-0.15, -0.1) is 0 Å². The first-order valence-electron chi connectivity index (χ1n) is 6.78. The molecular weight excluding hydrogens is 250 g/mol. The highest BCUT2D eigenvalue weighted by molar-refractivity contribution is 5.38. The Hall–Kier alpha value is -1.39. The number of aromatic nitrogens is 1. The fraction of sp³-hybridized carbons (Fsp3) is 0.643. The van der Waals surface area contributed by atoms with Crippen LogP contribution in [0.1, 0.15) is 39.5 Å². The second kappa shape index (κ2) is 7.92. The van der Waals surface area contributed by atoms with Crippen LogP contribution in [0.4, 0.5) is 14.6 Å². The highest BCUT2D eigenvalue weighted by Crippen LogP contribution is 2.22. The lowest BCUT2D eigenvalue weighted by Gasteiger charge is -2.15. The molecule has 1 aromatic rings. The third-order valence-electron chi connectivity index (χ3n) is 3.13. The van der Waals surface area contributed by atoms with Gasteiger partial charge in [0.1, 0.15) is 0 Å². The van der Waals surface area contributed by atoms with Gasteiger partial charge in [0.05, 0.1) is 6.61 Å². The SMILES string of the molecule is CCCCC(CC)COc1nc(NC)c(F)cc1F. The molecule has 0 fully saturated rings. The van der Waals surface area contributed by atoms with E-state index < -0.39 is 11.6 Å². The van der Waals surface area contributed by atoms with E-state index in [9.17, 15) is 8.78 Å². The molecule has 0 aromatic carbocycles. The van der Waals surface area contributed by atoms with Gasteiger partial charge >= 0.3 is 0 Å². The standard InChI is InChI=1S/C14H22F2N2O/c1-4-6-7-10(5-2)9-19-14-12(16)8-11(15)13(17-3)18-14/h8,10H,4-7,9H2,1-3H3,(H,17,18). The van der Waals surface area contributed by atoms with Crippen molar-refractivity contribution in [1.29, 1.82) is 0 Å². The zero-order valence-electron chi connectivity index (χ0n) is 11.8. The number of hydrogen-bond acceptors (Lipinski definition) is 3. The monoisotopic (exact) mass is 272 g/mol. The number of unbranched alkanes of at least 4 members (excludes halogenated alkanes) is 1. The largest absolute Gasteiger partial charge is 0.475 e. The quantitative estimate of drug-likeness (QED) is 0.776. The van der Waals surface area contributed by atoms with E-state index in [1.807, 2.05) is 0 Å². The Morgan fingerprint density at radius 3 is 2.63 bits per heavy atom. The molecule has 108 valence electrons. The van der Waals surface area contributed by atoms with Crippen molar-refractivity contribution in [3.63, 3.8) is 0 Å². The molecule has 0 saturated heterocycles. The molecule has 1 rings (SSSR count). The summed E-state index contributed by atoms with van der Waals surface area (Å²) in [5.74, 6) is -1.24. The summed E-state index contributed by atoms with van der Waals surface area (Å²) in [5.41, 5.74) is 0. The van der Waals surface area contributed by atoms with Gasteiger partial charge in [-0.1, -0.05) is 33.1 Å². The van der Waals surface area contributed by atoms with Gasteiger partial charge in [-0.3, -0.25) is 0 Å². The molecule has 1 heterocycles. The van der Waals surface area contributed by atoms with Crippen LogP contribution in [0.15, 0.2) is 6.07 Å². The van der Waals surface area contributed by atoms with Crippen LogP contribution in [0, 0.1) is 17.6 Å². The first-order chi connectivity index (χ1) is 9.12. The van der Waals surface area contributed by atoms with E-state index in [0.29, 0.717) is 12.5 Å². The number of rotatable bonds is 8. The molecule has 0 aliphatic heterocycles. The summed E-state index contributed by atoms with van der Waals surface area (Å²) < 4.78 is 32.2. The molecule has 1 N–H and O–H groups in total. The zero-order valence-corrected chi connectivity index (χ0v) is 11.8. The minimum atomic E-state index is -0.762. The van der Waals surface area contributed by atoms with Crippen molar-refractivity contribution in [1.82, 2.24) is 4.98 Å². The first kappa shape index (κ1) is 15.7. The van der Waals surface area contributed by atoms with Crippen LogP contribution in [-0.2, 0) is 0 Å².